The fourth-order valence-corrected chi connectivity index (χ4v) is 4.92. The lowest BCUT2D eigenvalue weighted by Gasteiger charge is -2.28. The number of hydrogen-bond acceptors (Lipinski definition) is 3. The van der Waals surface area contributed by atoms with Gasteiger partial charge in [0.25, 0.3) is 0 Å². The number of alkyl halides is 3. The van der Waals surface area contributed by atoms with E-state index in [2.05, 4.69) is 10.3 Å². The first kappa shape index (κ1) is 23.3. The van der Waals surface area contributed by atoms with Crippen LogP contribution < -0.4 is 5.32 Å². The van der Waals surface area contributed by atoms with Crippen molar-refractivity contribution in [1.82, 2.24) is 19.8 Å². The van der Waals surface area contributed by atoms with Gasteiger partial charge in [0, 0.05) is 30.7 Å². The number of aromatic nitrogens is 2. The number of nitrogens with zero attached hydrogens (tertiary/aromatic N) is 3. The lowest BCUT2D eigenvalue weighted by Crippen LogP contribution is -2.31. The van der Waals surface area contributed by atoms with E-state index in [1.165, 1.54) is 12.1 Å². The molecule has 1 aliphatic heterocycles. The van der Waals surface area contributed by atoms with Crippen LogP contribution in [0.2, 0.25) is 0 Å². The zero-order valence-electron chi connectivity index (χ0n) is 18.3. The highest BCUT2D eigenvalue weighted by Gasteiger charge is 2.41. The Morgan fingerprint density at radius 2 is 1.85 bits per heavy atom. The summed E-state index contributed by atoms with van der Waals surface area (Å²) in [4.78, 5) is 6.49. The molecule has 2 atom stereocenters. The second-order valence-electron chi connectivity index (χ2n) is 8.07. The van der Waals surface area contributed by atoms with Gasteiger partial charge in [-0.25, -0.2) is 0 Å². The third-order valence-corrected chi connectivity index (χ3v) is 6.35. The number of hydrogen-bond donors (Lipinski definition) is 2. The molecule has 0 amide bonds. The molecule has 0 bridgehead atoms. The van der Waals surface area contributed by atoms with Gasteiger partial charge < -0.3 is 19.9 Å². The first-order valence-electron chi connectivity index (χ1n) is 10.7. The first-order valence-corrected chi connectivity index (χ1v) is 11.1. The van der Waals surface area contributed by atoms with Gasteiger partial charge in [0.2, 0.25) is 0 Å². The molecule has 174 valence electrons. The van der Waals surface area contributed by atoms with Crippen molar-refractivity contribution >= 4 is 17.3 Å². The Morgan fingerprint density at radius 3 is 2.52 bits per heavy atom. The third-order valence-electron chi connectivity index (χ3n) is 5.99. The molecule has 4 rings (SSSR count). The highest BCUT2D eigenvalue weighted by Crippen LogP contribution is 2.42. The molecule has 1 saturated heterocycles. The number of para-hydroxylation sites is 1. The fourth-order valence-electron chi connectivity index (χ4n) is 4.59. The second kappa shape index (κ2) is 9.15. The largest absolute Gasteiger partial charge is 0.418 e. The van der Waals surface area contributed by atoms with Gasteiger partial charge in [-0.15, -0.1) is 0 Å². The number of rotatable bonds is 6. The molecule has 1 fully saturated rings. The molecule has 3 aromatic rings. The number of thiocarbonyl (C=S) groups is 1. The molecule has 0 unspecified atom stereocenters. The molecule has 2 aromatic heterocycles. The number of aliphatic hydroxyl groups excluding tert-OH is 1. The summed E-state index contributed by atoms with van der Waals surface area (Å²) in [6.07, 6.45) is -2.25. The van der Waals surface area contributed by atoms with Gasteiger partial charge in [-0.2, -0.15) is 13.2 Å². The Hall–Kier alpha value is -2.91. The van der Waals surface area contributed by atoms with Crippen LogP contribution in [0.1, 0.15) is 46.7 Å². The summed E-state index contributed by atoms with van der Waals surface area (Å²) in [6.45, 7) is 4.16. The molecule has 5 nitrogen and oxygen atoms in total. The molecule has 0 spiro atoms. The van der Waals surface area contributed by atoms with E-state index >= 15 is 0 Å². The van der Waals surface area contributed by atoms with Crippen molar-refractivity contribution in [2.75, 3.05) is 13.2 Å². The maximum atomic E-state index is 13.8. The van der Waals surface area contributed by atoms with Crippen molar-refractivity contribution in [2.24, 2.45) is 0 Å². The van der Waals surface area contributed by atoms with Crippen LogP contribution in [-0.4, -0.2) is 37.8 Å². The van der Waals surface area contributed by atoms with E-state index in [-0.39, 0.29) is 24.4 Å². The molecule has 1 aromatic carbocycles. The highest BCUT2D eigenvalue weighted by molar-refractivity contribution is 7.80. The fraction of sp³-hybridized carbons (Fsp3) is 0.333. The van der Waals surface area contributed by atoms with Crippen molar-refractivity contribution in [3.05, 3.63) is 82.9 Å². The molecule has 1 aliphatic rings. The maximum absolute atomic E-state index is 13.8. The molecule has 9 heteroatoms. The van der Waals surface area contributed by atoms with Crippen LogP contribution in [0.25, 0.3) is 5.69 Å². The van der Waals surface area contributed by atoms with E-state index in [1.807, 2.05) is 36.1 Å². The van der Waals surface area contributed by atoms with E-state index in [9.17, 15) is 18.3 Å². The van der Waals surface area contributed by atoms with Crippen molar-refractivity contribution in [2.45, 2.75) is 38.5 Å². The standard InChI is InChI=1S/C24H25F3N4OS/c1-15-14-17(16(2)31(15)20-10-4-3-8-18(20)24(25,26)27)22-21(19-9-5-6-11-28-19)29-23(33)30(22)12-7-13-32/h3-6,8-11,14,21-22,32H,7,12-13H2,1-2H3,(H,29,33)/t21-,22+/m1/s1. The van der Waals surface area contributed by atoms with Crippen LogP contribution in [0, 0.1) is 13.8 Å². The molecule has 0 saturated carbocycles. The first-order chi connectivity index (χ1) is 15.7. The van der Waals surface area contributed by atoms with Gasteiger partial charge in [0.1, 0.15) is 0 Å². The van der Waals surface area contributed by atoms with Crippen LogP contribution in [-0.2, 0) is 6.18 Å². The minimum Gasteiger partial charge on any atom is -0.396 e. The lowest BCUT2D eigenvalue weighted by molar-refractivity contribution is -0.137. The zero-order valence-corrected chi connectivity index (χ0v) is 19.1. The Bertz CT molecular complexity index is 1150. The lowest BCUT2D eigenvalue weighted by atomic mass is 9.96. The Labute approximate surface area is 195 Å². The average molecular weight is 475 g/mol. The minimum absolute atomic E-state index is 0.0120. The van der Waals surface area contributed by atoms with E-state index in [4.69, 9.17) is 12.2 Å². The molecule has 0 aliphatic carbocycles. The predicted octanol–water partition coefficient (Wildman–Crippen LogP) is 4.86. The summed E-state index contributed by atoms with van der Waals surface area (Å²) < 4.78 is 42.9. The van der Waals surface area contributed by atoms with Crippen molar-refractivity contribution < 1.29 is 18.3 Å². The van der Waals surface area contributed by atoms with E-state index in [0.29, 0.717) is 29.5 Å². The summed E-state index contributed by atoms with van der Waals surface area (Å²) in [5.41, 5.74) is 2.46. The van der Waals surface area contributed by atoms with Gasteiger partial charge in [-0.05, 0) is 68.4 Å². The Balaban J connectivity index is 1.86. The van der Waals surface area contributed by atoms with Crippen LogP contribution in [0.3, 0.4) is 0 Å². The van der Waals surface area contributed by atoms with Crippen LogP contribution in [0.5, 0.6) is 0 Å². The summed E-state index contributed by atoms with van der Waals surface area (Å²) in [5, 5.41) is 13.3. The van der Waals surface area contributed by atoms with E-state index in [1.54, 1.807) is 23.8 Å². The summed E-state index contributed by atoms with van der Waals surface area (Å²) in [6, 6.07) is 12.6. The topological polar surface area (TPSA) is 53.3 Å². The van der Waals surface area contributed by atoms with Crippen LogP contribution in [0.15, 0.2) is 54.7 Å². The zero-order chi connectivity index (χ0) is 23.8. The SMILES string of the molecule is Cc1cc([C@H]2[C@@H](c3ccccn3)NC(=S)N2CCCO)c(C)n1-c1ccccc1C(F)(F)F. The smallest absolute Gasteiger partial charge is 0.396 e. The molecule has 2 N–H and O–H groups in total. The molecule has 0 radical (unpaired) electrons. The van der Waals surface area contributed by atoms with Gasteiger partial charge in [0.15, 0.2) is 5.11 Å². The minimum atomic E-state index is -4.47. The van der Waals surface area contributed by atoms with Crippen molar-refractivity contribution in [3.63, 3.8) is 0 Å². The third kappa shape index (κ3) is 4.35. The molecular formula is C24H25F3N4OS. The normalized spacial score (nSPS) is 18.6. The van der Waals surface area contributed by atoms with Crippen molar-refractivity contribution in [1.29, 1.82) is 0 Å². The molecule has 3 heterocycles. The number of halogens is 3. The van der Waals surface area contributed by atoms with Crippen LogP contribution >= 0.6 is 12.2 Å². The maximum Gasteiger partial charge on any atom is 0.418 e. The van der Waals surface area contributed by atoms with Gasteiger partial charge in [-0.1, -0.05) is 18.2 Å². The number of benzene rings is 1. The summed E-state index contributed by atoms with van der Waals surface area (Å²) in [5.74, 6) is 0. The van der Waals surface area contributed by atoms with E-state index in [0.717, 1.165) is 17.3 Å². The van der Waals surface area contributed by atoms with Crippen LogP contribution in [0.4, 0.5) is 13.2 Å². The van der Waals surface area contributed by atoms with E-state index < -0.39 is 11.7 Å². The number of nitrogens with one attached hydrogen (secondary N) is 1. The quantitative estimate of drug-likeness (QED) is 0.500. The number of aliphatic hydroxyl groups is 1. The molecule has 33 heavy (non-hydrogen) atoms. The van der Waals surface area contributed by atoms with Crippen molar-refractivity contribution in [3.8, 4) is 5.69 Å². The summed E-state index contributed by atoms with van der Waals surface area (Å²) in [7, 11) is 0. The number of pyridine rings is 1. The van der Waals surface area contributed by atoms with Gasteiger partial charge in [-0.3, -0.25) is 4.98 Å². The Kier molecular flexibility index (Phi) is 6.45. The average Bonchev–Trinajstić information content (AvgIpc) is 3.27. The summed E-state index contributed by atoms with van der Waals surface area (Å²) >= 11 is 5.60. The monoisotopic (exact) mass is 474 g/mol. The second-order valence-corrected chi connectivity index (χ2v) is 8.46. The number of aryl methyl sites for hydroxylation is 1. The van der Waals surface area contributed by atoms with Gasteiger partial charge >= 0.3 is 6.18 Å². The molecular weight excluding hydrogens is 449 g/mol. The Morgan fingerprint density at radius 1 is 1.12 bits per heavy atom. The predicted molar refractivity (Wildman–Crippen MR) is 124 cm³/mol. The van der Waals surface area contributed by atoms with Gasteiger partial charge in [0.05, 0.1) is 29.0 Å². The highest BCUT2D eigenvalue weighted by atomic mass is 32.1.